The molecular weight excluding hydrogens is 374 g/mol. The van der Waals surface area contributed by atoms with Gasteiger partial charge in [0, 0.05) is 5.92 Å². The molecule has 0 radical (unpaired) electrons. The molecule has 3 rings (SSSR count). The molecule has 2 aromatic heterocycles. The molecule has 2 aromatic rings. The molecular formula is C14H13BrClN3O3. The van der Waals surface area contributed by atoms with Gasteiger partial charge < -0.3 is 14.5 Å². The number of ether oxygens (including phenoxy) is 1. The number of nitrogens with zero attached hydrogens (tertiary/aromatic N) is 2. The topological polar surface area (TPSA) is 77.2 Å². The van der Waals surface area contributed by atoms with E-state index in [-0.39, 0.29) is 16.6 Å². The molecule has 1 N–H and O–H groups in total. The van der Waals surface area contributed by atoms with E-state index in [0.29, 0.717) is 23.9 Å². The molecule has 0 aliphatic heterocycles. The van der Waals surface area contributed by atoms with Crippen molar-refractivity contribution in [1.29, 1.82) is 0 Å². The average molecular weight is 387 g/mol. The number of esters is 1. The molecule has 8 heteroatoms. The molecule has 6 nitrogen and oxygen atoms in total. The molecule has 1 aliphatic rings. The number of carbonyl (C=O) groups is 1. The smallest absolute Gasteiger partial charge is 0.358 e. The molecule has 22 heavy (non-hydrogen) atoms. The van der Waals surface area contributed by atoms with E-state index in [2.05, 4.69) is 31.2 Å². The van der Waals surface area contributed by atoms with Crippen LogP contribution in [0.1, 0.15) is 40.8 Å². The fraction of sp³-hybridized carbons (Fsp3) is 0.357. The number of nitrogens with one attached hydrogen (secondary N) is 1. The second-order valence-corrected chi connectivity index (χ2v) is 6.14. The van der Waals surface area contributed by atoms with Gasteiger partial charge in [-0.1, -0.05) is 11.6 Å². The van der Waals surface area contributed by atoms with Gasteiger partial charge in [0.15, 0.2) is 5.69 Å². The summed E-state index contributed by atoms with van der Waals surface area (Å²) in [5, 5.41) is 3.24. The molecule has 1 saturated carbocycles. The number of methoxy groups -OCH3 is 1. The van der Waals surface area contributed by atoms with Gasteiger partial charge >= 0.3 is 5.97 Å². The highest BCUT2D eigenvalue weighted by Gasteiger charge is 2.30. The second-order valence-electron chi connectivity index (χ2n) is 4.90. The van der Waals surface area contributed by atoms with Crippen molar-refractivity contribution in [3.05, 3.63) is 39.1 Å². The Kier molecular flexibility index (Phi) is 4.35. The first-order valence-corrected chi connectivity index (χ1v) is 7.88. The van der Waals surface area contributed by atoms with Crippen molar-refractivity contribution >= 4 is 39.3 Å². The number of hydrogen-bond donors (Lipinski definition) is 1. The summed E-state index contributed by atoms with van der Waals surface area (Å²) in [6, 6.07) is 1.80. The minimum absolute atomic E-state index is 0.0853. The third-order valence-electron chi connectivity index (χ3n) is 3.30. The number of halogens is 2. The fourth-order valence-electron chi connectivity index (χ4n) is 1.95. The second kappa shape index (κ2) is 6.26. The number of anilines is 1. The summed E-state index contributed by atoms with van der Waals surface area (Å²) in [5.41, 5.74) is 0.0853. The normalized spacial score (nSPS) is 14.0. The van der Waals surface area contributed by atoms with E-state index in [0.717, 1.165) is 17.3 Å². The first-order valence-electron chi connectivity index (χ1n) is 6.71. The molecule has 0 atom stereocenters. The van der Waals surface area contributed by atoms with Crippen LogP contribution in [-0.2, 0) is 11.3 Å². The maximum absolute atomic E-state index is 11.8. The Morgan fingerprint density at radius 2 is 2.32 bits per heavy atom. The number of aromatic nitrogens is 2. The minimum atomic E-state index is -0.573. The number of rotatable bonds is 5. The quantitative estimate of drug-likeness (QED) is 0.788. The van der Waals surface area contributed by atoms with Gasteiger partial charge in [0.1, 0.15) is 22.4 Å². The molecule has 0 bridgehead atoms. The van der Waals surface area contributed by atoms with Gasteiger partial charge in [0.25, 0.3) is 0 Å². The lowest BCUT2D eigenvalue weighted by atomic mass is 10.3. The predicted octanol–water partition coefficient (Wildman–Crippen LogP) is 3.76. The van der Waals surface area contributed by atoms with E-state index >= 15 is 0 Å². The Balaban J connectivity index is 1.90. The largest absolute Gasteiger partial charge is 0.466 e. The molecule has 0 spiro atoms. The van der Waals surface area contributed by atoms with Crippen molar-refractivity contribution in [2.45, 2.75) is 25.3 Å². The summed E-state index contributed by atoms with van der Waals surface area (Å²) >= 11 is 9.61. The maximum Gasteiger partial charge on any atom is 0.358 e. The Hall–Kier alpha value is -1.60. The van der Waals surface area contributed by atoms with E-state index in [9.17, 15) is 4.79 Å². The number of hydrogen-bond acceptors (Lipinski definition) is 6. The van der Waals surface area contributed by atoms with Crippen LogP contribution in [0.15, 0.2) is 21.2 Å². The summed E-state index contributed by atoms with van der Waals surface area (Å²) in [5.74, 6) is 1.45. The Morgan fingerprint density at radius 1 is 1.55 bits per heavy atom. The van der Waals surface area contributed by atoms with Crippen LogP contribution >= 0.6 is 27.5 Å². The standard InChI is InChI=1S/C14H13BrClN3O3/c1-21-14(20)11-10(16)13(19-12(18-11)7-2-3-7)17-6-9-8(15)4-5-22-9/h4-5,7H,2-3,6H2,1H3,(H,17,18,19). The number of furan rings is 1. The Morgan fingerprint density at radius 3 is 2.91 bits per heavy atom. The summed E-state index contributed by atoms with van der Waals surface area (Å²) in [6.07, 6.45) is 3.62. The Labute approximate surface area is 140 Å². The van der Waals surface area contributed by atoms with Crippen molar-refractivity contribution in [3.8, 4) is 0 Å². The van der Waals surface area contributed by atoms with Crippen LogP contribution in [0.2, 0.25) is 5.02 Å². The van der Waals surface area contributed by atoms with Crippen LogP contribution in [0.5, 0.6) is 0 Å². The van der Waals surface area contributed by atoms with Crippen molar-refractivity contribution in [3.63, 3.8) is 0 Å². The highest BCUT2D eigenvalue weighted by atomic mass is 79.9. The summed E-state index contributed by atoms with van der Waals surface area (Å²) in [6.45, 7) is 0.384. The van der Waals surface area contributed by atoms with Crippen molar-refractivity contribution in [1.82, 2.24) is 9.97 Å². The summed E-state index contributed by atoms with van der Waals surface area (Å²) in [4.78, 5) is 20.5. The summed E-state index contributed by atoms with van der Waals surface area (Å²) in [7, 11) is 1.30. The highest BCUT2D eigenvalue weighted by molar-refractivity contribution is 9.10. The first-order chi connectivity index (χ1) is 10.6. The molecule has 2 heterocycles. The van der Waals surface area contributed by atoms with E-state index in [1.54, 1.807) is 12.3 Å². The van der Waals surface area contributed by atoms with Gasteiger partial charge in [0.2, 0.25) is 0 Å². The fourth-order valence-corrected chi connectivity index (χ4v) is 2.52. The zero-order valence-electron chi connectivity index (χ0n) is 11.7. The van der Waals surface area contributed by atoms with E-state index < -0.39 is 5.97 Å². The van der Waals surface area contributed by atoms with Crippen LogP contribution in [-0.4, -0.2) is 23.0 Å². The Bertz CT molecular complexity index is 715. The van der Waals surface area contributed by atoms with E-state index in [1.165, 1.54) is 7.11 Å². The molecule has 1 fully saturated rings. The maximum atomic E-state index is 11.8. The van der Waals surface area contributed by atoms with Crippen LogP contribution in [0, 0.1) is 0 Å². The first kappa shape index (κ1) is 15.3. The SMILES string of the molecule is COC(=O)c1nc(C2CC2)nc(NCc2occc2Br)c1Cl. The number of carbonyl (C=O) groups excluding carboxylic acids is 1. The van der Waals surface area contributed by atoms with Crippen LogP contribution in [0.25, 0.3) is 0 Å². The average Bonchev–Trinajstić information content (AvgIpc) is 3.29. The summed E-state index contributed by atoms with van der Waals surface area (Å²) < 4.78 is 10.9. The lowest BCUT2D eigenvalue weighted by Gasteiger charge is -2.11. The van der Waals surface area contributed by atoms with Gasteiger partial charge in [-0.3, -0.25) is 0 Å². The van der Waals surface area contributed by atoms with E-state index in [4.69, 9.17) is 20.8 Å². The van der Waals surface area contributed by atoms with Crippen LogP contribution in [0.3, 0.4) is 0 Å². The van der Waals surface area contributed by atoms with Gasteiger partial charge in [-0.25, -0.2) is 14.8 Å². The van der Waals surface area contributed by atoms with Crippen molar-refractivity contribution < 1.29 is 13.9 Å². The predicted molar refractivity (Wildman–Crippen MR) is 84.1 cm³/mol. The third-order valence-corrected chi connectivity index (χ3v) is 4.36. The van der Waals surface area contributed by atoms with Crippen LogP contribution < -0.4 is 5.32 Å². The lowest BCUT2D eigenvalue weighted by Crippen LogP contribution is -2.12. The zero-order chi connectivity index (χ0) is 15.7. The monoisotopic (exact) mass is 385 g/mol. The molecule has 0 saturated heterocycles. The molecule has 116 valence electrons. The van der Waals surface area contributed by atoms with Gasteiger partial charge in [-0.05, 0) is 34.8 Å². The lowest BCUT2D eigenvalue weighted by molar-refractivity contribution is 0.0593. The molecule has 0 unspecified atom stereocenters. The minimum Gasteiger partial charge on any atom is -0.466 e. The van der Waals surface area contributed by atoms with Gasteiger partial charge in [-0.15, -0.1) is 0 Å². The van der Waals surface area contributed by atoms with E-state index in [1.807, 2.05) is 0 Å². The molecule has 1 aliphatic carbocycles. The third kappa shape index (κ3) is 3.10. The van der Waals surface area contributed by atoms with Crippen molar-refractivity contribution in [2.75, 3.05) is 12.4 Å². The highest BCUT2D eigenvalue weighted by Crippen LogP contribution is 2.39. The van der Waals surface area contributed by atoms with Gasteiger partial charge in [0.05, 0.1) is 24.4 Å². The molecule has 0 amide bonds. The zero-order valence-corrected chi connectivity index (χ0v) is 14.1. The molecule has 0 aromatic carbocycles. The van der Waals surface area contributed by atoms with Crippen LogP contribution in [0.4, 0.5) is 5.82 Å². The van der Waals surface area contributed by atoms with Gasteiger partial charge in [-0.2, -0.15) is 0 Å². The van der Waals surface area contributed by atoms with Crippen molar-refractivity contribution in [2.24, 2.45) is 0 Å².